The molecule has 0 saturated carbocycles. The Morgan fingerprint density at radius 1 is 1.14 bits per heavy atom. The molecule has 7 heteroatoms. The Morgan fingerprint density at radius 3 is 2.45 bits per heavy atom. The van der Waals surface area contributed by atoms with Crippen LogP contribution in [0.3, 0.4) is 0 Å². The largest absolute Gasteiger partial charge is 0.506 e. The molecule has 1 aliphatic heterocycles. The number of phenolic OH excluding ortho intramolecular Hbond substituents is 1. The minimum atomic E-state index is -0.0875. The van der Waals surface area contributed by atoms with Gasteiger partial charge >= 0.3 is 0 Å². The molecule has 0 aliphatic carbocycles. The molecule has 22 heavy (non-hydrogen) atoms. The highest BCUT2D eigenvalue weighted by molar-refractivity contribution is 6.32. The predicted molar refractivity (Wildman–Crippen MR) is 83.3 cm³/mol. The van der Waals surface area contributed by atoms with Crippen LogP contribution in [-0.4, -0.2) is 52.1 Å². The quantitative estimate of drug-likeness (QED) is 0.914. The van der Waals surface area contributed by atoms with E-state index in [1.165, 1.54) is 12.1 Å². The number of amides is 1. The van der Waals surface area contributed by atoms with Crippen molar-refractivity contribution in [2.24, 2.45) is 0 Å². The summed E-state index contributed by atoms with van der Waals surface area (Å²) in [5.41, 5.74) is 0.479. The molecule has 1 amide bonds. The lowest BCUT2D eigenvalue weighted by atomic mass is 10.1. The van der Waals surface area contributed by atoms with E-state index in [2.05, 4.69) is 9.97 Å². The van der Waals surface area contributed by atoms with Gasteiger partial charge in [-0.1, -0.05) is 11.6 Å². The molecule has 3 rings (SSSR count). The number of rotatable bonds is 2. The Bertz CT molecular complexity index is 672. The number of hydrogen-bond donors (Lipinski definition) is 1. The second kappa shape index (κ2) is 6.19. The molecule has 2 heterocycles. The minimum Gasteiger partial charge on any atom is -0.506 e. The first-order valence-corrected chi connectivity index (χ1v) is 7.33. The van der Waals surface area contributed by atoms with E-state index in [0.29, 0.717) is 37.7 Å². The summed E-state index contributed by atoms with van der Waals surface area (Å²) < 4.78 is 0. The third-order valence-electron chi connectivity index (χ3n) is 3.60. The van der Waals surface area contributed by atoms with Crippen LogP contribution in [0.2, 0.25) is 5.02 Å². The van der Waals surface area contributed by atoms with Gasteiger partial charge in [-0.2, -0.15) is 0 Å². The van der Waals surface area contributed by atoms with E-state index in [4.69, 9.17) is 11.6 Å². The van der Waals surface area contributed by atoms with E-state index in [1.807, 2.05) is 4.90 Å². The molecular formula is C15H15ClN4O2. The molecule has 0 radical (unpaired) electrons. The van der Waals surface area contributed by atoms with Gasteiger partial charge < -0.3 is 14.9 Å². The Labute approximate surface area is 133 Å². The van der Waals surface area contributed by atoms with E-state index >= 15 is 0 Å². The van der Waals surface area contributed by atoms with Crippen LogP contribution < -0.4 is 4.90 Å². The van der Waals surface area contributed by atoms with E-state index in [9.17, 15) is 9.90 Å². The van der Waals surface area contributed by atoms with Gasteiger partial charge in [-0.3, -0.25) is 4.79 Å². The van der Waals surface area contributed by atoms with Crippen molar-refractivity contribution in [1.29, 1.82) is 0 Å². The Balaban J connectivity index is 1.66. The van der Waals surface area contributed by atoms with Gasteiger partial charge in [0.2, 0.25) is 5.95 Å². The number of piperazine rings is 1. The average Bonchev–Trinajstić information content (AvgIpc) is 2.58. The summed E-state index contributed by atoms with van der Waals surface area (Å²) in [4.78, 5) is 24.7. The topological polar surface area (TPSA) is 69.6 Å². The van der Waals surface area contributed by atoms with Gasteiger partial charge in [-0.05, 0) is 24.3 Å². The molecule has 114 valence electrons. The third kappa shape index (κ3) is 2.96. The van der Waals surface area contributed by atoms with Crippen LogP contribution >= 0.6 is 11.6 Å². The second-order valence-electron chi connectivity index (χ2n) is 4.99. The zero-order valence-electron chi connectivity index (χ0n) is 11.8. The monoisotopic (exact) mass is 318 g/mol. The Kier molecular flexibility index (Phi) is 4.11. The van der Waals surface area contributed by atoms with Gasteiger partial charge in [0, 0.05) is 44.1 Å². The van der Waals surface area contributed by atoms with E-state index < -0.39 is 0 Å². The van der Waals surface area contributed by atoms with Crippen molar-refractivity contribution in [2.45, 2.75) is 0 Å². The fraction of sp³-hybridized carbons (Fsp3) is 0.267. The van der Waals surface area contributed by atoms with Crippen molar-refractivity contribution < 1.29 is 9.90 Å². The van der Waals surface area contributed by atoms with Crippen molar-refractivity contribution in [3.8, 4) is 5.75 Å². The van der Waals surface area contributed by atoms with Crippen molar-refractivity contribution >= 4 is 23.5 Å². The van der Waals surface area contributed by atoms with E-state index in [1.54, 1.807) is 29.4 Å². The van der Waals surface area contributed by atoms with Gasteiger partial charge in [-0.25, -0.2) is 9.97 Å². The number of carbonyl (C=O) groups is 1. The zero-order valence-corrected chi connectivity index (χ0v) is 12.6. The summed E-state index contributed by atoms with van der Waals surface area (Å²) in [5, 5.41) is 9.60. The first-order chi connectivity index (χ1) is 10.6. The summed E-state index contributed by atoms with van der Waals surface area (Å²) >= 11 is 5.85. The average molecular weight is 319 g/mol. The number of phenols is 1. The fourth-order valence-electron chi connectivity index (χ4n) is 2.39. The highest BCUT2D eigenvalue weighted by Crippen LogP contribution is 2.24. The van der Waals surface area contributed by atoms with Gasteiger partial charge in [0.05, 0.1) is 5.02 Å². The molecule has 6 nitrogen and oxygen atoms in total. The minimum absolute atomic E-state index is 0.0238. The molecule has 1 aromatic heterocycles. The summed E-state index contributed by atoms with van der Waals surface area (Å²) in [7, 11) is 0. The Hall–Kier alpha value is -2.34. The van der Waals surface area contributed by atoms with Crippen LogP contribution in [0.5, 0.6) is 5.75 Å². The molecule has 0 atom stereocenters. The van der Waals surface area contributed by atoms with Crippen LogP contribution in [0.15, 0.2) is 36.7 Å². The number of anilines is 1. The standard InChI is InChI=1S/C15H15ClN4O2/c16-12-10-11(2-3-13(12)21)14(22)19-6-8-20(9-7-19)15-17-4-1-5-18-15/h1-5,10,21H,6-9H2. The van der Waals surface area contributed by atoms with Gasteiger partial charge in [0.15, 0.2) is 0 Å². The van der Waals surface area contributed by atoms with Crippen LogP contribution in [0, 0.1) is 0 Å². The van der Waals surface area contributed by atoms with Crippen LogP contribution in [0.4, 0.5) is 5.95 Å². The molecule has 0 bridgehead atoms. The number of benzene rings is 1. The van der Waals surface area contributed by atoms with Gasteiger partial charge in [0.25, 0.3) is 5.91 Å². The molecule has 0 unspecified atom stereocenters. The number of aromatic nitrogens is 2. The fourth-order valence-corrected chi connectivity index (χ4v) is 2.57. The molecule has 2 aromatic rings. The number of hydrogen-bond acceptors (Lipinski definition) is 5. The lowest BCUT2D eigenvalue weighted by Crippen LogP contribution is -2.49. The maximum atomic E-state index is 12.4. The van der Waals surface area contributed by atoms with E-state index in [0.717, 1.165) is 0 Å². The predicted octanol–water partition coefficient (Wildman–Crippen LogP) is 1.80. The van der Waals surface area contributed by atoms with Crippen molar-refractivity contribution in [2.75, 3.05) is 31.1 Å². The molecule has 1 N–H and O–H groups in total. The van der Waals surface area contributed by atoms with Crippen LogP contribution in [0.25, 0.3) is 0 Å². The summed E-state index contributed by atoms with van der Waals surface area (Å²) in [6.45, 7) is 2.55. The SMILES string of the molecule is O=C(c1ccc(O)c(Cl)c1)N1CCN(c2ncccn2)CC1. The molecule has 1 saturated heterocycles. The van der Waals surface area contributed by atoms with Gasteiger partial charge in [0.1, 0.15) is 5.75 Å². The van der Waals surface area contributed by atoms with Crippen LogP contribution in [0.1, 0.15) is 10.4 Å². The smallest absolute Gasteiger partial charge is 0.254 e. The normalized spacial score (nSPS) is 15.0. The summed E-state index contributed by atoms with van der Waals surface area (Å²) in [6, 6.07) is 6.28. The van der Waals surface area contributed by atoms with Crippen molar-refractivity contribution in [3.05, 3.63) is 47.2 Å². The zero-order chi connectivity index (χ0) is 15.5. The number of nitrogens with zero attached hydrogens (tertiary/aromatic N) is 4. The second-order valence-corrected chi connectivity index (χ2v) is 5.40. The summed E-state index contributed by atoms with van der Waals surface area (Å²) in [6.07, 6.45) is 3.41. The first kappa shape index (κ1) is 14.6. The van der Waals surface area contributed by atoms with E-state index in [-0.39, 0.29) is 16.7 Å². The maximum absolute atomic E-state index is 12.4. The molecular weight excluding hydrogens is 304 g/mol. The number of halogens is 1. The van der Waals surface area contributed by atoms with Crippen molar-refractivity contribution in [1.82, 2.24) is 14.9 Å². The third-order valence-corrected chi connectivity index (χ3v) is 3.90. The molecule has 1 aromatic carbocycles. The molecule has 0 spiro atoms. The highest BCUT2D eigenvalue weighted by Gasteiger charge is 2.23. The van der Waals surface area contributed by atoms with Crippen molar-refractivity contribution in [3.63, 3.8) is 0 Å². The molecule has 1 fully saturated rings. The first-order valence-electron chi connectivity index (χ1n) is 6.95. The van der Waals surface area contributed by atoms with Gasteiger partial charge in [-0.15, -0.1) is 0 Å². The number of aromatic hydroxyl groups is 1. The summed E-state index contributed by atoms with van der Waals surface area (Å²) in [5.74, 6) is 0.571. The number of carbonyl (C=O) groups excluding carboxylic acids is 1. The Morgan fingerprint density at radius 2 is 1.82 bits per heavy atom. The van der Waals surface area contributed by atoms with Crippen LogP contribution in [-0.2, 0) is 0 Å². The lowest BCUT2D eigenvalue weighted by Gasteiger charge is -2.34. The maximum Gasteiger partial charge on any atom is 0.254 e. The lowest BCUT2D eigenvalue weighted by molar-refractivity contribution is 0.0746. The highest BCUT2D eigenvalue weighted by atomic mass is 35.5. The molecule has 1 aliphatic rings.